The smallest absolute Gasteiger partial charge is 0.367 e. The van der Waals surface area contributed by atoms with Crippen molar-refractivity contribution in [2.24, 2.45) is 0 Å². The van der Waals surface area contributed by atoms with Crippen LogP contribution in [0.4, 0.5) is 0 Å². The predicted octanol–water partition coefficient (Wildman–Crippen LogP) is 2.61. The lowest BCUT2D eigenvalue weighted by Gasteiger charge is -2.00. The standard InChI is InChI=1S/C12H11NO3S/c1-15-9-5-3-8(4-6-9)10-7-17-11(13-10)12(14)16-2/h3-7H,1-2H3. The van der Waals surface area contributed by atoms with Crippen molar-refractivity contribution in [2.75, 3.05) is 14.2 Å². The molecule has 1 aromatic heterocycles. The van der Waals surface area contributed by atoms with Gasteiger partial charge in [-0.25, -0.2) is 9.78 Å². The number of carbonyl (C=O) groups excluding carboxylic acids is 1. The molecule has 0 aliphatic heterocycles. The molecular formula is C12H11NO3S. The van der Waals surface area contributed by atoms with Crippen LogP contribution in [0.25, 0.3) is 11.3 Å². The fraction of sp³-hybridized carbons (Fsp3) is 0.167. The molecule has 2 rings (SSSR count). The van der Waals surface area contributed by atoms with Crippen molar-refractivity contribution in [3.05, 3.63) is 34.7 Å². The molecule has 0 amide bonds. The van der Waals surface area contributed by atoms with E-state index < -0.39 is 5.97 Å². The van der Waals surface area contributed by atoms with Crippen LogP contribution in [0, 0.1) is 0 Å². The van der Waals surface area contributed by atoms with Gasteiger partial charge in [0.25, 0.3) is 0 Å². The van der Waals surface area contributed by atoms with Gasteiger partial charge in [0.05, 0.1) is 19.9 Å². The van der Waals surface area contributed by atoms with Gasteiger partial charge in [-0.05, 0) is 24.3 Å². The molecule has 0 bridgehead atoms. The fourth-order valence-electron chi connectivity index (χ4n) is 1.35. The molecule has 88 valence electrons. The van der Waals surface area contributed by atoms with Gasteiger partial charge in [-0.1, -0.05) is 0 Å². The minimum atomic E-state index is -0.408. The molecule has 0 aliphatic carbocycles. The minimum Gasteiger partial charge on any atom is -0.497 e. The Labute approximate surface area is 103 Å². The van der Waals surface area contributed by atoms with E-state index in [1.165, 1.54) is 18.4 Å². The van der Waals surface area contributed by atoms with Crippen molar-refractivity contribution >= 4 is 17.3 Å². The number of hydrogen-bond acceptors (Lipinski definition) is 5. The third-order valence-corrected chi connectivity index (χ3v) is 3.07. The van der Waals surface area contributed by atoms with Crippen LogP contribution in [0.1, 0.15) is 9.80 Å². The van der Waals surface area contributed by atoms with Crippen molar-refractivity contribution in [1.29, 1.82) is 0 Å². The van der Waals surface area contributed by atoms with E-state index >= 15 is 0 Å². The number of esters is 1. The Kier molecular flexibility index (Phi) is 3.39. The molecule has 0 unspecified atom stereocenters. The van der Waals surface area contributed by atoms with E-state index in [0.717, 1.165) is 17.0 Å². The van der Waals surface area contributed by atoms with Crippen molar-refractivity contribution in [3.63, 3.8) is 0 Å². The van der Waals surface area contributed by atoms with Crippen LogP contribution in [0.3, 0.4) is 0 Å². The molecule has 0 fully saturated rings. The first-order valence-corrected chi connectivity index (χ1v) is 5.81. The van der Waals surface area contributed by atoms with Gasteiger partial charge in [0, 0.05) is 10.9 Å². The number of methoxy groups -OCH3 is 2. The number of aromatic nitrogens is 1. The Hall–Kier alpha value is -1.88. The Balaban J connectivity index is 2.27. The first kappa shape index (κ1) is 11.6. The zero-order valence-corrected chi connectivity index (χ0v) is 10.3. The van der Waals surface area contributed by atoms with E-state index in [1.807, 2.05) is 29.6 Å². The van der Waals surface area contributed by atoms with Crippen LogP contribution in [0.5, 0.6) is 5.75 Å². The van der Waals surface area contributed by atoms with Crippen LogP contribution in [-0.4, -0.2) is 25.2 Å². The maximum Gasteiger partial charge on any atom is 0.367 e. The zero-order valence-electron chi connectivity index (χ0n) is 9.47. The normalized spacial score (nSPS) is 10.0. The molecule has 5 heteroatoms. The van der Waals surface area contributed by atoms with Crippen molar-refractivity contribution in [2.45, 2.75) is 0 Å². The lowest BCUT2D eigenvalue weighted by Crippen LogP contribution is -1.99. The first-order chi connectivity index (χ1) is 8.24. The second-order valence-electron chi connectivity index (χ2n) is 3.26. The monoisotopic (exact) mass is 249 g/mol. The average Bonchev–Trinajstić information content (AvgIpc) is 2.87. The summed E-state index contributed by atoms with van der Waals surface area (Å²) in [7, 11) is 2.96. The summed E-state index contributed by atoms with van der Waals surface area (Å²) in [6.45, 7) is 0. The van der Waals surface area contributed by atoms with E-state index in [2.05, 4.69) is 9.72 Å². The topological polar surface area (TPSA) is 48.4 Å². The van der Waals surface area contributed by atoms with Crippen LogP contribution in [0.2, 0.25) is 0 Å². The van der Waals surface area contributed by atoms with Gasteiger partial charge in [0.2, 0.25) is 5.01 Å². The fourth-order valence-corrected chi connectivity index (χ4v) is 2.09. The van der Waals surface area contributed by atoms with Gasteiger partial charge in [-0.15, -0.1) is 11.3 Å². The highest BCUT2D eigenvalue weighted by atomic mass is 32.1. The number of benzene rings is 1. The Morgan fingerprint density at radius 2 is 1.94 bits per heavy atom. The van der Waals surface area contributed by atoms with Gasteiger partial charge >= 0.3 is 5.97 Å². The van der Waals surface area contributed by atoms with E-state index in [0.29, 0.717) is 5.01 Å². The number of thiazole rings is 1. The van der Waals surface area contributed by atoms with E-state index in [4.69, 9.17) is 4.74 Å². The number of nitrogens with zero attached hydrogens (tertiary/aromatic N) is 1. The third kappa shape index (κ3) is 2.45. The second-order valence-corrected chi connectivity index (χ2v) is 4.12. The largest absolute Gasteiger partial charge is 0.497 e. The third-order valence-electron chi connectivity index (χ3n) is 2.25. The summed E-state index contributed by atoms with van der Waals surface area (Å²) in [5.41, 5.74) is 1.70. The van der Waals surface area contributed by atoms with Crippen molar-refractivity contribution in [1.82, 2.24) is 4.98 Å². The molecular weight excluding hydrogens is 238 g/mol. The van der Waals surface area contributed by atoms with Crippen LogP contribution >= 0.6 is 11.3 Å². The Morgan fingerprint density at radius 3 is 2.53 bits per heavy atom. The molecule has 0 saturated heterocycles. The summed E-state index contributed by atoms with van der Waals surface area (Å²) >= 11 is 1.27. The Bertz CT molecular complexity index is 519. The molecule has 0 spiro atoms. The highest BCUT2D eigenvalue weighted by Crippen LogP contribution is 2.24. The second kappa shape index (κ2) is 4.97. The van der Waals surface area contributed by atoms with Gasteiger partial charge in [0.15, 0.2) is 0 Å². The number of ether oxygens (including phenoxy) is 2. The van der Waals surface area contributed by atoms with Gasteiger partial charge < -0.3 is 9.47 Å². The minimum absolute atomic E-state index is 0.360. The molecule has 0 aliphatic rings. The lowest BCUT2D eigenvalue weighted by atomic mass is 10.2. The maximum atomic E-state index is 11.3. The molecule has 1 heterocycles. The van der Waals surface area contributed by atoms with Gasteiger partial charge in [-0.3, -0.25) is 0 Å². The summed E-state index contributed by atoms with van der Waals surface area (Å²) in [5.74, 6) is 0.381. The highest BCUT2D eigenvalue weighted by molar-refractivity contribution is 7.11. The zero-order chi connectivity index (χ0) is 12.3. The molecule has 2 aromatic rings. The van der Waals surface area contributed by atoms with Crippen LogP contribution in [-0.2, 0) is 4.74 Å². The number of hydrogen-bond donors (Lipinski definition) is 0. The summed E-state index contributed by atoms with van der Waals surface area (Å²) in [4.78, 5) is 15.5. The molecule has 1 aromatic carbocycles. The maximum absolute atomic E-state index is 11.3. The molecule has 0 N–H and O–H groups in total. The molecule has 17 heavy (non-hydrogen) atoms. The first-order valence-electron chi connectivity index (χ1n) is 4.93. The molecule has 0 radical (unpaired) electrons. The number of rotatable bonds is 3. The lowest BCUT2D eigenvalue weighted by molar-refractivity contribution is 0.0600. The van der Waals surface area contributed by atoms with Crippen molar-refractivity contribution < 1.29 is 14.3 Å². The highest BCUT2D eigenvalue weighted by Gasteiger charge is 2.11. The van der Waals surface area contributed by atoms with E-state index in [-0.39, 0.29) is 0 Å². The summed E-state index contributed by atoms with van der Waals surface area (Å²) in [6.07, 6.45) is 0. The van der Waals surface area contributed by atoms with Crippen LogP contribution < -0.4 is 4.74 Å². The number of carbonyl (C=O) groups is 1. The predicted molar refractivity (Wildman–Crippen MR) is 65.4 cm³/mol. The summed E-state index contributed by atoms with van der Waals surface area (Å²) in [5, 5.41) is 2.19. The van der Waals surface area contributed by atoms with Gasteiger partial charge in [0.1, 0.15) is 5.75 Å². The van der Waals surface area contributed by atoms with E-state index in [1.54, 1.807) is 7.11 Å². The van der Waals surface area contributed by atoms with Gasteiger partial charge in [-0.2, -0.15) is 0 Å². The summed E-state index contributed by atoms with van der Waals surface area (Å²) in [6, 6.07) is 7.50. The quantitative estimate of drug-likeness (QED) is 0.784. The average molecular weight is 249 g/mol. The molecule has 0 atom stereocenters. The molecule has 0 saturated carbocycles. The van der Waals surface area contributed by atoms with E-state index in [9.17, 15) is 4.79 Å². The molecule has 4 nitrogen and oxygen atoms in total. The SMILES string of the molecule is COC(=O)c1nc(-c2ccc(OC)cc2)cs1. The van der Waals surface area contributed by atoms with Crippen LogP contribution in [0.15, 0.2) is 29.6 Å². The summed E-state index contributed by atoms with van der Waals surface area (Å²) < 4.78 is 9.68. The van der Waals surface area contributed by atoms with Crippen molar-refractivity contribution in [3.8, 4) is 17.0 Å². The Morgan fingerprint density at radius 1 is 1.24 bits per heavy atom.